The highest BCUT2D eigenvalue weighted by atomic mass is 35.5. The van der Waals surface area contributed by atoms with Gasteiger partial charge in [0.25, 0.3) is 5.91 Å². The summed E-state index contributed by atoms with van der Waals surface area (Å²) in [5, 5.41) is 3.17. The van der Waals surface area contributed by atoms with Crippen LogP contribution in [0.1, 0.15) is 15.9 Å². The summed E-state index contributed by atoms with van der Waals surface area (Å²) in [6.07, 6.45) is 1.53. The van der Waals surface area contributed by atoms with Gasteiger partial charge in [-0.15, -0.1) is 0 Å². The third-order valence-corrected chi connectivity index (χ3v) is 2.74. The molecular formula is C13H12ClN3O. The monoisotopic (exact) mass is 261 g/mol. The number of hydrogen-bond donors (Lipinski definition) is 2. The molecule has 1 aromatic carbocycles. The fourth-order valence-electron chi connectivity index (χ4n) is 1.44. The van der Waals surface area contributed by atoms with E-state index < -0.39 is 0 Å². The van der Waals surface area contributed by atoms with Crippen molar-refractivity contribution in [3.8, 4) is 0 Å². The summed E-state index contributed by atoms with van der Waals surface area (Å²) in [5.74, 6) is 0.142. The average molecular weight is 262 g/mol. The maximum Gasteiger partial charge on any atom is 0.256 e. The number of carbonyl (C=O) groups excluding carboxylic acids is 1. The zero-order chi connectivity index (χ0) is 13.1. The molecule has 4 nitrogen and oxygen atoms in total. The normalized spacial score (nSPS) is 10.1. The molecule has 0 saturated carbocycles. The maximum atomic E-state index is 11.9. The Balaban J connectivity index is 2.19. The molecule has 0 bridgehead atoms. The van der Waals surface area contributed by atoms with Crippen molar-refractivity contribution in [3.05, 3.63) is 52.7 Å². The van der Waals surface area contributed by atoms with Crippen molar-refractivity contribution in [1.29, 1.82) is 0 Å². The number of aromatic nitrogens is 1. The number of aryl methyl sites for hydroxylation is 1. The van der Waals surface area contributed by atoms with Crippen LogP contribution < -0.4 is 11.1 Å². The molecule has 92 valence electrons. The molecule has 1 amide bonds. The average Bonchev–Trinajstić information content (AvgIpc) is 2.32. The lowest BCUT2D eigenvalue weighted by Gasteiger charge is -2.06. The van der Waals surface area contributed by atoms with E-state index in [2.05, 4.69) is 10.3 Å². The van der Waals surface area contributed by atoms with Crippen molar-refractivity contribution in [1.82, 2.24) is 4.98 Å². The van der Waals surface area contributed by atoms with Crippen LogP contribution >= 0.6 is 11.6 Å². The van der Waals surface area contributed by atoms with Gasteiger partial charge in [0.2, 0.25) is 0 Å². The van der Waals surface area contributed by atoms with E-state index in [4.69, 9.17) is 17.3 Å². The van der Waals surface area contributed by atoms with Crippen molar-refractivity contribution in [2.24, 2.45) is 0 Å². The predicted molar refractivity (Wildman–Crippen MR) is 72.8 cm³/mol. The van der Waals surface area contributed by atoms with Crippen molar-refractivity contribution in [2.75, 3.05) is 11.1 Å². The summed E-state index contributed by atoms with van der Waals surface area (Å²) in [6, 6.07) is 8.37. The van der Waals surface area contributed by atoms with Crippen LogP contribution in [0.4, 0.5) is 11.5 Å². The molecule has 0 atom stereocenters. The van der Waals surface area contributed by atoms with Gasteiger partial charge in [0, 0.05) is 22.5 Å². The first-order chi connectivity index (χ1) is 8.56. The van der Waals surface area contributed by atoms with Crippen LogP contribution in [0.3, 0.4) is 0 Å². The summed E-state index contributed by atoms with van der Waals surface area (Å²) in [5.41, 5.74) is 7.77. The number of rotatable bonds is 2. The van der Waals surface area contributed by atoms with Gasteiger partial charge >= 0.3 is 0 Å². The third kappa shape index (κ3) is 2.78. The Hall–Kier alpha value is -2.07. The largest absolute Gasteiger partial charge is 0.398 e. The summed E-state index contributed by atoms with van der Waals surface area (Å²) in [6.45, 7) is 1.88. The molecule has 0 aliphatic heterocycles. The summed E-state index contributed by atoms with van der Waals surface area (Å²) < 4.78 is 0. The van der Waals surface area contributed by atoms with Crippen LogP contribution in [0, 0.1) is 6.92 Å². The number of pyridine rings is 1. The molecular weight excluding hydrogens is 250 g/mol. The molecule has 2 aromatic rings. The SMILES string of the molecule is Cc1ccc(C(=O)Nc2cc(Cl)ccn2)cc1N. The highest BCUT2D eigenvalue weighted by molar-refractivity contribution is 6.30. The Morgan fingerprint density at radius 2 is 2.11 bits per heavy atom. The van der Waals surface area contributed by atoms with E-state index in [1.54, 1.807) is 30.3 Å². The molecule has 0 aliphatic rings. The first-order valence-electron chi connectivity index (χ1n) is 5.35. The topological polar surface area (TPSA) is 68.0 Å². The molecule has 1 aromatic heterocycles. The van der Waals surface area contributed by atoms with E-state index in [0.717, 1.165) is 5.56 Å². The van der Waals surface area contributed by atoms with Gasteiger partial charge in [-0.1, -0.05) is 17.7 Å². The van der Waals surface area contributed by atoms with Gasteiger partial charge in [-0.05, 0) is 36.8 Å². The van der Waals surface area contributed by atoms with E-state index in [-0.39, 0.29) is 5.91 Å². The molecule has 0 saturated heterocycles. The molecule has 0 aliphatic carbocycles. The van der Waals surface area contributed by atoms with Crippen molar-refractivity contribution < 1.29 is 4.79 Å². The Bertz CT molecular complexity index is 599. The van der Waals surface area contributed by atoms with Gasteiger partial charge in [0.15, 0.2) is 0 Å². The number of benzene rings is 1. The molecule has 18 heavy (non-hydrogen) atoms. The van der Waals surface area contributed by atoms with Crippen LogP contribution in [-0.4, -0.2) is 10.9 Å². The number of anilines is 2. The maximum absolute atomic E-state index is 11.9. The van der Waals surface area contributed by atoms with Crippen molar-refractivity contribution in [3.63, 3.8) is 0 Å². The van der Waals surface area contributed by atoms with Gasteiger partial charge in [-0.25, -0.2) is 4.98 Å². The number of carbonyl (C=O) groups is 1. The molecule has 0 radical (unpaired) electrons. The Morgan fingerprint density at radius 3 is 2.78 bits per heavy atom. The second kappa shape index (κ2) is 5.06. The number of nitrogens with two attached hydrogens (primary N) is 1. The molecule has 2 rings (SSSR count). The lowest BCUT2D eigenvalue weighted by Crippen LogP contribution is -2.13. The van der Waals surface area contributed by atoms with E-state index in [1.807, 2.05) is 6.92 Å². The van der Waals surface area contributed by atoms with E-state index >= 15 is 0 Å². The van der Waals surface area contributed by atoms with E-state index in [9.17, 15) is 4.79 Å². The van der Waals surface area contributed by atoms with E-state index in [0.29, 0.717) is 22.1 Å². The molecule has 1 heterocycles. The minimum Gasteiger partial charge on any atom is -0.398 e. The van der Waals surface area contributed by atoms with Crippen LogP contribution in [-0.2, 0) is 0 Å². The van der Waals surface area contributed by atoms with Crippen molar-refractivity contribution >= 4 is 29.0 Å². The van der Waals surface area contributed by atoms with Crippen LogP contribution in [0.2, 0.25) is 5.02 Å². The summed E-state index contributed by atoms with van der Waals surface area (Å²) in [7, 11) is 0. The van der Waals surface area contributed by atoms with Crippen LogP contribution in [0.25, 0.3) is 0 Å². The summed E-state index contributed by atoms with van der Waals surface area (Å²) in [4.78, 5) is 15.9. The lowest BCUT2D eigenvalue weighted by molar-refractivity contribution is 0.102. The molecule has 0 unspecified atom stereocenters. The first kappa shape index (κ1) is 12.4. The number of nitrogens with zero attached hydrogens (tertiary/aromatic N) is 1. The Kier molecular flexibility index (Phi) is 3.48. The minimum atomic E-state index is -0.267. The van der Waals surface area contributed by atoms with Crippen molar-refractivity contribution in [2.45, 2.75) is 6.92 Å². The Morgan fingerprint density at radius 1 is 1.33 bits per heavy atom. The lowest BCUT2D eigenvalue weighted by atomic mass is 10.1. The second-order valence-corrected chi connectivity index (χ2v) is 4.32. The molecule has 0 fully saturated rings. The zero-order valence-corrected chi connectivity index (χ0v) is 10.5. The number of nitrogen functional groups attached to an aromatic ring is 1. The van der Waals surface area contributed by atoms with Crippen LogP contribution in [0.5, 0.6) is 0 Å². The molecule has 3 N–H and O–H groups in total. The standard InChI is InChI=1S/C13H12ClN3O/c1-8-2-3-9(6-11(8)15)13(18)17-12-7-10(14)4-5-16-12/h2-7H,15H2,1H3,(H,16,17,18). The summed E-state index contributed by atoms with van der Waals surface area (Å²) >= 11 is 5.81. The number of hydrogen-bond acceptors (Lipinski definition) is 3. The van der Waals surface area contributed by atoms with Gasteiger partial charge in [0.1, 0.15) is 5.82 Å². The highest BCUT2D eigenvalue weighted by Gasteiger charge is 2.08. The number of halogens is 1. The highest BCUT2D eigenvalue weighted by Crippen LogP contribution is 2.16. The van der Waals surface area contributed by atoms with Crippen LogP contribution in [0.15, 0.2) is 36.5 Å². The quantitative estimate of drug-likeness (QED) is 0.817. The minimum absolute atomic E-state index is 0.267. The van der Waals surface area contributed by atoms with Gasteiger partial charge in [0.05, 0.1) is 0 Å². The third-order valence-electron chi connectivity index (χ3n) is 2.51. The fraction of sp³-hybridized carbons (Fsp3) is 0.0769. The van der Waals surface area contributed by atoms with Gasteiger partial charge in [-0.2, -0.15) is 0 Å². The van der Waals surface area contributed by atoms with E-state index in [1.165, 1.54) is 6.20 Å². The van der Waals surface area contributed by atoms with Gasteiger partial charge in [-0.3, -0.25) is 4.79 Å². The smallest absolute Gasteiger partial charge is 0.256 e. The zero-order valence-electron chi connectivity index (χ0n) is 9.77. The first-order valence-corrected chi connectivity index (χ1v) is 5.73. The fourth-order valence-corrected chi connectivity index (χ4v) is 1.60. The van der Waals surface area contributed by atoms with Gasteiger partial charge < -0.3 is 11.1 Å². The molecule has 0 spiro atoms. The predicted octanol–water partition coefficient (Wildman–Crippen LogP) is 2.88. The Labute approximate surface area is 110 Å². The molecule has 5 heteroatoms. The number of amides is 1. The number of nitrogens with one attached hydrogen (secondary N) is 1. The second-order valence-electron chi connectivity index (χ2n) is 3.88.